The third-order valence-electron chi connectivity index (χ3n) is 2.64. The van der Waals surface area contributed by atoms with E-state index in [0.29, 0.717) is 0 Å². The highest BCUT2D eigenvalue weighted by atomic mass is 35.5. The maximum Gasteiger partial charge on any atom is 0.241 e. The molecule has 6 heteroatoms. The zero-order chi connectivity index (χ0) is 13.9. The molecule has 19 heavy (non-hydrogen) atoms. The van der Waals surface area contributed by atoms with Crippen molar-refractivity contribution in [2.45, 2.75) is 17.9 Å². The summed E-state index contributed by atoms with van der Waals surface area (Å²) in [5.41, 5.74) is 0.895. The van der Waals surface area contributed by atoms with Crippen LogP contribution in [0.2, 0.25) is 5.15 Å². The van der Waals surface area contributed by atoms with E-state index in [-0.39, 0.29) is 16.1 Å². The molecule has 0 bridgehead atoms. The number of sulfonamides is 1. The molecule has 1 aromatic heterocycles. The Morgan fingerprint density at radius 3 is 2.53 bits per heavy atom. The van der Waals surface area contributed by atoms with E-state index in [9.17, 15) is 8.42 Å². The van der Waals surface area contributed by atoms with E-state index < -0.39 is 10.0 Å². The average Bonchev–Trinajstić information content (AvgIpc) is 2.39. The van der Waals surface area contributed by atoms with Crippen LogP contribution in [0.15, 0.2) is 53.6 Å². The summed E-state index contributed by atoms with van der Waals surface area (Å²) < 4.78 is 26.9. The quantitative estimate of drug-likeness (QED) is 0.883. The van der Waals surface area contributed by atoms with Gasteiger partial charge in [-0.3, -0.25) is 0 Å². The lowest BCUT2D eigenvalue weighted by Crippen LogP contribution is -2.26. The Morgan fingerprint density at radius 1 is 1.21 bits per heavy atom. The van der Waals surface area contributed by atoms with Gasteiger partial charge in [-0.1, -0.05) is 41.9 Å². The van der Waals surface area contributed by atoms with Crippen molar-refractivity contribution in [3.8, 4) is 0 Å². The van der Waals surface area contributed by atoms with Crippen LogP contribution in [0.1, 0.15) is 18.5 Å². The van der Waals surface area contributed by atoms with Gasteiger partial charge >= 0.3 is 0 Å². The largest absolute Gasteiger partial charge is 0.244 e. The van der Waals surface area contributed by atoms with Gasteiger partial charge in [0.25, 0.3) is 0 Å². The fourth-order valence-corrected chi connectivity index (χ4v) is 3.15. The van der Waals surface area contributed by atoms with E-state index in [4.69, 9.17) is 11.6 Å². The maximum absolute atomic E-state index is 12.2. The van der Waals surface area contributed by atoms with E-state index in [1.54, 1.807) is 6.92 Å². The first-order valence-electron chi connectivity index (χ1n) is 5.68. The molecular formula is C13H13ClN2O2S. The molecular weight excluding hydrogens is 284 g/mol. The molecule has 0 saturated carbocycles. The molecule has 0 unspecified atom stereocenters. The van der Waals surface area contributed by atoms with E-state index in [0.717, 1.165) is 5.56 Å². The van der Waals surface area contributed by atoms with Crippen LogP contribution in [0.3, 0.4) is 0 Å². The number of hydrogen-bond acceptors (Lipinski definition) is 3. The van der Waals surface area contributed by atoms with Gasteiger partial charge in [0.1, 0.15) is 5.15 Å². The lowest BCUT2D eigenvalue weighted by molar-refractivity contribution is 0.567. The molecule has 0 fully saturated rings. The predicted octanol–water partition coefficient (Wildman–Crippen LogP) is 2.77. The molecule has 100 valence electrons. The average molecular weight is 297 g/mol. The number of halogens is 1. The van der Waals surface area contributed by atoms with Crippen molar-refractivity contribution in [3.05, 3.63) is 59.4 Å². The third-order valence-corrected chi connectivity index (χ3v) is 4.38. The summed E-state index contributed by atoms with van der Waals surface area (Å²) in [4.78, 5) is 3.87. The second-order valence-corrected chi connectivity index (χ2v) is 6.17. The van der Waals surface area contributed by atoms with E-state index in [1.165, 1.54) is 18.3 Å². The summed E-state index contributed by atoms with van der Waals surface area (Å²) in [6.45, 7) is 1.79. The van der Waals surface area contributed by atoms with Crippen LogP contribution in [0.25, 0.3) is 0 Å². The van der Waals surface area contributed by atoms with Crippen molar-refractivity contribution in [1.29, 1.82) is 0 Å². The minimum Gasteiger partial charge on any atom is -0.244 e. The van der Waals surface area contributed by atoms with Crippen molar-refractivity contribution < 1.29 is 8.42 Å². The highest BCUT2D eigenvalue weighted by Crippen LogP contribution is 2.17. The van der Waals surface area contributed by atoms with Gasteiger partial charge in [0.15, 0.2) is 0 Å². The molecule has 0 aliphatic rings. The predicted molar refractivity (Wildman–Crippen MR) is 74.4 cm³/mol. The zero-order valence-electron chi connectivity index (χ0n) is 10.2. The number of aromatic nitrogens is 1. The second-order valence-electron chi connectivity index (χ2n) is 4.07. The highest BCUT2D eigenvalue weighted by molar-refractivity contribution is 7.89. The summed E-state index contributed by atoms with van der Waals surface area (Å²) >= 11 is 5.70. The summed E-state index contributed by atoms with van der Waals surface area (Å²) in [7, 11) is -3.60. The summed E-state index contributed by atoms with van der Waals surface area (Å²) in [6, 6.07) is 11.8. The minimum atomic E-state index is -3.60. The number of nitrogens with one attached hydrogen (secondary N) is 1. The molecule has 1 N–H and O–H groups in total. The van der Waals surface area contributed by atoms with Crippen LogP contribution >= 0.6 is 11.6 Å². The lowest BCUT2D eigenvalue weighted by atomic mass is 10.1. The van der Waals surface area contributed by atoms with Gasteiger partial charge in [0.05, 0.1) is 4.90 Å². The van der Waals surface area contributed by atoms with Crippen LogP contribution in [0.4, 0.5) is 0 Å². The Hall–Kier alpha value is -1.43. The molecule has 2 rings (SSSR count). The number of benzene rings is 1. The van der Waals surface area contributed by atoms with Gasteiger partial charge in [0, 0.05) is 12.2 Å². The first-order chi connectivity index (χ1) is 8.99. The molecule has 0 radical (unpaired) electrons. The van der Waals surface area contributed by atoms with Crippen LogP contribution in [-0.2, 0) is 10.0 Å². The van der Waals surface area contributed by atoms with Gasteiger partial charge in [-0.2, -0.15) is 0 Å². The van der Waals surface area contributed by atoms with Crippen molar-refractivity contribution in [2.24, 2.45) is 0 Å². The van der Waals surface area contributed by atoms with Crippen molar-refractivity contribution in [1.82, 2.24) is 9.71 Å². The van der Waals surface area contributed by atoms with E-state index in [1.807, 2.05) is 30.3 Å². The minimum absolute atomic E-state index is 0.107. The summed E-state index contributed by atoms with van der Waals surface area (Å²) in [5.74, 6) is 0. The van der Waals surface area contributed by atoms with Crippen LogP contribution in [0, 0.1) is 0 Å². The lowest BCUT2D eigenvalue weighted by Gasteiger charge is -2.14. The number of pyridine rings is 1. The Kier molecular flexibility index (Phi) is 4.19. The van der Waals surface area contributed by atoms with Gasteiger partial charge in [-0.05, 0) is 24.6 Å². The molecule has 1 atom stereocenters. The van der Waals surface area contributed by atoms with Crippen LogP contribution in [-0.4, -0.2) is 13.4 Å². The molecule has 0 aliphatic heterocycles. The first kappa shape index (κ1) is 14.0. The smallest absolute Gasteiger partial charge is 0.241 e. The fourth-order valence-electron chi connectivity index (χ4n) is 1.66. The molecule has 0 saturated heterocycles. The highest BCUT2D eigenvalue weighted by Gasteiger charge is 2.18. The molecule has 0 amide bonds. The Labute approximate surface area is 117 Å². The molecule has 1 heterocycles. The molecule has 0 aliphatic carbocycles. The van der Waals surface area contributed by atoms with Gasteiger partial charge in [0.2, 0.25) is 10.0 Å². The van der Waals surface area contributed by atoms with Gasteiger partial charge in [-0.15, -0.1) is 0 Å². The van der Waals surface area contributed by atoms with E-state index in [2.05, 4.69) is 9.71 Å². The Morgan fingerprint density at radius 2 is 1.89 bits per heavy atom. The van der Waals surface area contributed by atoms with Crippen molar-refractivity contribution >= 4 is 21.6 Å². The second kappa shape index (κ2) is 5.69. The van der Waals surface area contributed by atoms with Gasteiger partial charge in [-0.25, -0.2) is 18.1 Å². The summed E-state index contributed by atoms with van der Waals surface area (Å²) in [5, 5.41) is 0.148. The SMILES string of the molecule is C[C@@H](NS(=O)(=O)c1ccnc(Cl)c1)c1ccccc1. The van der Waals surface area contributed by atoms with Crippen molar-refractivity contribution in [3.63, 3.8) is 0 Å². The van der Waals surface area contributed by atoms with Gasteiger partial charge < -0.3 is 0 Å². The van der Waals surface area contributed by atoms with Crippen LogP contribution in [0.5, 0.6) is 0 Å². The van der Waals surface area contributed by atoms with E-state index >= 15 is 0 Å². The zero-order valence-corrected chi connectivity index (χ0v) is 11.8. The molecule has 4 nitrogen and oxygen atoms in total. The standard InChI is InChI=1S/C13H13ClN2O2S/c1-10(11-5-3-2-4-6-11)16-19(17,18)12-7-8-15-13(14)9-12/h2-10,16H,1H3/t10-/m1/s1. The summed E-state index contributed by atoms with van der Waals surface area (Å²) in [6.07, 6.45) is 1.37. The monoisotopic (exact) mass is 296 g/mol. The first-order valence-corrected chi connectivity index (χ1v) is 7.54. The molecule has 1 aromatic carbocycles. The van der Waals surface area contributed by atoms with Crippen molar-refractivity contribution in [2.75, 3.05) is 0 Å². The normalized spacial score (nSPS) is 13.2. The molecule has 0 spiro atoms. The van der Waals surface area contributed by atoms with Crippen LogP contribution < -0.4 is 4.72 Å². The third kappa shape index (κ3) is 3.53. The number of nitrogens with zero attached hydrogens (tertiary/aromatic N) is 1. The maximum atomic E-state index is 12.2. The fraction of sp³-hybridized carbons (Fsp3) is 0.154. The Bertz CT molecular complexity index is 659. The topological polar surface area (TPSA) is 59.1 Å². The molecule has 2 aromatic rings. The number of rotatable bonds is 4. The number of hydrogen-bond donors (Lipinski definition) is 1. The Balaban J connectivity index is 2.23.